The molecule has 3 aromatic rings. The molecule has 2 aromatic carbocycles. The molecule has 3 rings (SSSR count). The maximum Gasteiger partial charge on any atom is 0.230 e. The van der Waals surface area contributed by atoms with Crippen LogP contribution in [-0.2, 0) is 17.0 Å². The molecule has 0 aliphatic rings. The van der Waals surface area contributed by atoms with Crippen LogP contribution in [0.3, 0.4) is 0 Å². The van der Waals surface area contributed by atoms with E-state index in [1.165, 1.54) is 0 Å². The standard InChI is InChI=1S/C19H17ClN2OS3/c1-24-17-8-3-2-7-16(17)22-18(23)10-15-12-26-19(21-15)25-11-13-5-4-6-14(20)9-13/h2-9,12H,10-11H2,1H3,(H,22,23). The minimum Gasteiger partial charge on any atom is -0.325 e. The molecule has 26 heavy (non-hydrogen) atoms. The number of rotatable bonds is 7. The molecule has 0 atom stereocenters. The van der Waals surface area contributed by atoms with Crippen molar-refractivity contribution >= 4 is 58.1 Å². The van der Waals surface area contributed by atoms with Gasteiger partial charge in [0.1, 0.15) is 4.34 Å². The SMILES string of the molecule is CSc1ccccc1NC(=O)Cc1csc(SCc2cccc(Cl)c2)n1. The summed E-state index contributed by atoms with van der Waals surface area (Å²) in [6.45, 7) is 0. The molecule has 0 bridgehead atoms. The van der Waals surface area contributed by atoms with Crippen molar-refractivity contribution in [3.63, 3.8) is 0 Å². The van der Waals surface area contributed by atoms with Gasteiger partial charge in [0.25, 0.3) is 0 Å². The van der Waals surface area contributed by atoms with Gasteiger partial charge < -0.3 is 5.32 Å². The topological polar surface area (TPSA) is 42.0 Å². The number of carbonyl (C=O) groups is 1. The normalized spacial score (nSPS) is 10.7. The Bertz CT molecular complexity index is 898. The number of thioether (sulfide) groups is 2. The zero-order valence-electron chi connectivity index (χ0n) is 14.1. The molecule has 1 aromatic heterocycles. The van der Waals surface area contributed by atoms with Gasteiger partial charge in [-0.3, -0.25) is 4.79 Å². The van der Waals surface area contributed by atoms with Crippen LogP contribution in [0.25, 0.3) is 0 Å². The lowest BCUT2D eigenvalue weighted by Crippen LogP contribution is -2.15. The van der Waals surface area contributed by atoms with Gasteiger partial charge in [0.2, 0.25) is 5.91 Å². The van der Waals surface area contributed by atoms with Crippen LogP contribution in [0.5, 0.6) is 0 Å². The molecule has 3 nitrogen and oxygen atoms in total. The van der Waals surface area contributed by atoms with Crippen LogP contribution in [-0.4, -0.2) is 17.1 Å². The van der Waals surface area contributed by atoms with Gasteiger partial charge in [0, 0.05) is 21.1 Å². The third-order valence-corrected chi connectivity index (χ3v) is 6.68. The van der Waals surface area contributed by atoms with E-state index in [2.05, 4.69) is 10.3 Å². The Labute approximate surface area is 170 Å². The van der Waals surface area contributed by atoms with E-state index in [0.717, 1.165) is 37.0 Å². The molecule has 1 heterocycles. The summed E-state index contributed by atoms with van der Waals surface area (Å²) >= 11 is 10.8. The van der Waals surface area contributed by atoms with Crippen molar-refractivity contribution in [3.05, 3.63) is 70.2 Å². The average Bonchev–Trinajstić information content (AvgIpc) is 3.08. The summed E-state index contributed by atoms with van der Waals surface area (Å²) in [5.74, 6) is 0.754. The second-order valence-electron chi connectivity index (χ2n) is 5.45. The zero-order chi connectivity index (χ0) is 18.4. The highest BCUT2D eigenvalue weighted by molar-refractivity contribution is 8.00. The van der Waals surface area contributed by atoms with Crippen molar-refractivity contribution in [2.24, 2.45) is 0 Å². The van der Waals surface area contributed by atoms with Crippen molar-refractivity contribution in [1.29, 1.82) is 0 Å². The predicted octanol–water partition coefficient (Wildman–Crippen LogP) is 5.99. The molecular formula is C19H17ClN2OS3. The number of thiazole rings is 1. The molecule has 0 spiro atoms. The molecule has 134 valence electrons. The molecule has 0 unspecified atom stereocenters. The van der Waals surface area contributed by atoms with Gasteiger partial charge >= 0.3 is 0 Å². The number of benzene rings is 2. The van der Waals surface area contributed by atoms with Crippen LogP contribution in [0, 0.1) is 0 Å². The predicted molar refractivity (Wildman–Crippen MR) is 114 cm³/mol. The molecule has 0 aliphatic carbocycles. The minimum absolute atomic E-state index is 0.0526. The number of hydrogen-bond acceptors (Lipinski definition) is 5. The fraction of sp³-hybridized carbons (Fsp3) is 0.158. The van der Waals surface area contributed by atoms with Crippen LogP contribution < -0.4 is 5.32 Å². The summed E-state index contributed by atoms with van der Waals surface area (Å²) in [6, 6.07) is 15.6. The molecule has 0 fully saturated rings. The van der Waals surface area contributed by atoms with Crippen LogP contribution >= 0.6 is 46.5 Å². The van der Waals surface area contributed by atoms with E-state index < -0.39 is 0 Å². The Morgan fingerprint density at radius 3 is 2.88 bits per heavy atom. The quantitative estimate of drug-likeness (QED) is 0.476. The van der Waals surface area contributed by atoms with E-state index >= 15 is 0 Å². The van der Waals surface area contributed by atoms with Crippen LogP contribution in [0.4, 0.5) is 5.69 Å². The largest absolute Gasteiger partial charge is 0.325 e. The number of hydrogen-bond donors (Lipinski definition) is 1. The fourth-order valence-corrected chi connectivity index (χ4v) is 4.87. The number of nitrogens with one attached hydrogen (secondary N) is 1. The zero-order valence-corrected chi connectivity index (χ0v) is 17.3. The Balaban J connectivity index is 1.55. The Morgan fingerprint density at radius 1 is 1.23 bits per heavy atom. The summed E-state index contributed by atoms with van der Waals surface area (Å²) in [5.41, 5.74) is 2.80. The van der Waals surface area contributed by atoms with E-state index in [4.69, 9.17) is 11.6 Å². The number of amides is 1. The van der Waals surface area contributed by atoms with Gasteiger partial charge in [-0.2, -0.15) is 0 Å². The third-order valence-electron chi connectivity index (χ3n) is 3.50. The van der Waals surface area contributed by atoms with Crippen molar-refractivity contribution < 1.29 is 4.79 Å². The van der Waals surface area contributed by atoms with Gasteiger partial charge in [-0.15, -0.1) is 23.1 Å². The first kappa shape index (κ1) is 19.3. The lowest BCUT2D eigenvalue weighted by atomic mass is 10.2. The van der Waals surface area contributed by atoms with Gasteiger partial charge in [0.15, 0.2) is 0 Å². The van der Waals surface area contributed by atoms with Crippen molar-refractivity contribution in [3.8, 4) is 0 Å². The van der Waals surface area contributed by atoms with E-state index in [1.54, 1.807) is 34.9 Å². The van der Waals surface area contributed by atoms with E-state index in [9.17, 15) is 4.79 Å². The number of aromatic nitrogens is 1. The van der Waals surface area contributed by atoms with Gasteiger partial charge in [-0.1, -0.05) is 47.6 Å². The first-order chi connectivity index (χ1) is 12.6. The van der Waals surface area contributed by atoms with E-state index in [0.29, 0.717) is 0 Å². The van der Waals surface area contributed by atoms with Gasteiger partial charge in [-0.25, -0.2) is 4.98 Å². The van der Waals surface area contributed by atoms with Crippen molar-refractivity contribution in [2.75, 3.05) is 11.6 Å². The lowest BCUT2D eigenvalue weighted by molar-refractivity contribution is -0.115. The summed E-state index contributed by atoms with van der Waals surface area (Å²) in [6.07, 6.45) is 2.27. The molecular weight excluding hydrogens is 404 g/mol. The number of nitrogens with zero attached hydrogens (tertiary/aromatic N) is 1. The average molecular weight is 421 g/mol. The van der Waals surface area contributed by atoms with E-state index in [-0.39, 0.29) is 12.3 Å². The number of para-hydroxylation sites is 1. The summed E-state index contributed by atoms with van der Waals surface area (Å²) in [5, 5.41) is 5.65. The molecule has 0 radical (unpaired) electrons. The Morgan fingerprint density at radius 2 is 2.08 bits per heavy atom. The molecule has 0 aliphatic heterocycles. The van der Waals surface area contributed by atoms with Crippen molar-refractivity contribution in [1.82, 2.24) is 4.98 Å². The van der Waals surface area contributed by atoms with Crippen LogP contribution in [0.2, 0.25) is 5.02 Å². The Hall–Kier alpha value is -1.47. The maximum absolute atomic E-state index is 12.3. The lowest BCUT2D eigenvalue weighted by Gasteiger charge is -2.08. The molecule has 0 saturated carbocycles. The summed E-state index contributed by atoms with van der Waals surface area (Å²) in [7, 11) is 0. The van der Waals surface area contributed by atoms with E-state index in [1.807, 2.05) is 60.2 Å². The second-order valence-corrected chi connectivity index (χ2v) is 8.81. The molecule has 1 amide bonds. The Kier molecular flexibility index (Phi) is 7.02. The highest BCUT2D eigenvalue weighted by atomic mass is 35.5. The summed E-state index contributed by atoms with van der Waals surface area (Å²) < 4.78 is 0.956. The highest BCUT2D eigenvalue weighted by Crippen LogP contribution is 2.28. The monoisotopic (exact) mass is 420 g/mol. The third kappa shape index (κ3) is 5.51. The number of halogens is 1. The number of carbonyl (C=O) groups excluding carboxylic acids is 1. The molecule has 7 heteroatoms. The molecule has 0 saturated heterocycles. The van der Waals surface area contributed by atoms with Gasteiger partial charge in [-0.05, 0) is 36.1 Å². The second kappa shape index (κ2) is 9.46. The number of anilines is 1. The maximum atomic E-state index is 12.3. The molecule has 1 N–H and O–H groups in total. The minimum atomic E-state index is -0.0526. The summed E-state index contributed by atoms with van der Waals surface area (Å²) in [4.78, 5) is 17.9. The first-order valence-corrected chi connectivity index (χ1v) is 11.4. The first-order valence-electron chi connectivity index (χ1n) is 7.88. The smallest absolute Gasteiger partial charge is 0.230 e. The van der Waals surface area contributed by atoms with Crippen molar-refractivity contribution in [2.45, 2.75) is 21.4 Å². The fourth-order valence-electron chi connectivity index (χ4n) is 2.31. The highest BCUT2D eigenvalue weighted by Gasteiger charge is 2.10. The van der Waals surface area contributed by atoms with Gasteiger partial charge in [0.05, 0.1) is 17.8 Å². The van der Waals surface area contributed by atoms with Crippen LogP contribution in [0.15, 0.2) is 63.1 Å². The van der Waals surface area contributed by atoms with Crippen LogP contribution in [0.1, 0.15) is 11.3 Å².